The number of para-hydroxylation sites is 3. The highest BCUT2D eigenvalue weighted by Gasteiger charge is 2.37. The average Bonchev–Trinajstić information content (AvgIpc) is 3.89. The van der Waals surface area contributed by atoms with Crippen molar-refractivity contribution in [2.75, 3.05) is 0 Å². The fourth-order valence-corrected chi connectivity index (χ4v) is 9.31. The van der Waals surface area contributed by atoms with Crippen molar-refractivity contribution in [3.63, 3.8) is 0 Å². The fraction of sp³-hybridized carbons (Fsp3) is 0.0577. The van der Waals surface area contributed by atoms with Crippen molar-refractivity contribution in [2.45, 2.75) is 19.3 Å². The van der Waals surface area contributed by atoms with Gasteiger partial charge in [0.1, 0.15) is 11.2 Å². The van der Waals surface area contributed by atoms with E-state index >= 15 is 0 Å². The molecule has 0 spiro atoms. The molecule has 57 heavy (non-hydrogen) atoms. The third-order valence-electron chi connectivity index (χ3n) is 12.1. The van der Waals surface area contributed by atoms with Gasteiger partial charge >= 0.3 is 0 Å². The summed E-state index contributed by atoms with van der Waals surface area (Å²) in [6.45, 7) is 4.71. The van der Waals surface area contributed by atoms with Crippen LogP contribution in [0, 0.1) is 0 Å². The maximum absolute atomic E-state index is 6.32. The van der Waals surface area contributed by atoms with Crippen LogP contribution in [0.2, 0.25) is 0 Å². The SMILES string of the molecule is CC1(C)c2cc(-c3cccc4c5ccccc5n(-c5nc(-c6ccccc6)nc(-c6ccc7c(c6)oc6ccccc67)n5)c34)ccc2-c2c1ccc1ccccc21. The second kappa shape index (κ2) is 11.8. The molecular weight excluding hydrogens is 697 g/mol. The Bertz CT molecular complexity index is 3450. The maximum atomic E-state index is 6.32. The lowest BCUT2D eigenvalue weighted by Gasteiger charge is -2.22. The van der Waals surface area contributed by atoms with Crippen LogP contribution in [0.1, 0.15) is 25.0 Å². The van der Waals surface area contributed by atoms with Gasteiger partial charge in [0, 0.05) is 43.7 Å². The number of hydrogen-bond acceptors (Lipinski definition) is 4. The summed E-state index contributed by atoms with van der Waals surface area (Å²) >= 11 is 0. The molecule has 0 bridgehead atoms. The van der Waals surface area contributed by atoms with Gasteiger partial charge in [-0.05, 0) is 68.9 Å². The van der Waals surface area contributed by atoms with Crippen molar-refractivity contribution < 1.29 is 4.42 Å². The van der Waals surface area contributed by atoms with Gasteiger partial charge < -0.3 is 4.42 Å². The number of benzene rings is 8. The first-order chi connectivity index (χ1) is 28.0. The van der Waals surface area contributed by atoms with Crippen LogP contribution in [0.3, 0.4) is 0 Å². The Labute approximate surface area is 328 Å². The minimum absolute atomic E-state index is 0.167. The van der Waals surface area contributed by atoms with E-state index in [1.165, 1.54) is 33.0 Å². The van der Waals surface area contributed by atoms with E-state index in [0.717, 1.165) is 66.0 Å². The first-order valence-electron chi connectivity index (χ1n) is 19.4. The Kier molecular flexibility index (Phi) is 6.62. The summed E-state index contributed by atoms with van der Waals surface area (Å²) in [5.74, 6) is 1.74. The molecule has 0 unspecified atom stereocenters. The zero-order valence-electron chi connectivity index (χ0n) is 31.4. The average molecular weight is 731 g/mol. The Hall–Kier alpha value is -7.37. The zero-order chi connectivity index (χ0) is 37.8. The summed E-state index contributed by atoms with van der Waals surface area (Å²) < 4.78 is 8.56. The van der Waals surface area contributed by atoms with E-state index in [-0.39, 0.29) is 5.41 Å². The molecule has 0 aliphatic heterocycles. The first kappa shape index (κ1) is 31.9. The van der Waals surface area contributed by atoms with Gasteiger partial charge in [0.25, 0.3) is 0 Å². The summed E-state index contributed by atoms with van der Waals surface area (Å²) in [5.41, 5.74) is 13.0. The maximum Gasteiger partial charge on any atom is 0.238 e. The molecule has 268 valence electrons. The minimum Gasteiger partial charge on any atom is -0.456 e. The molecule has 0 N–H and O–H groups in total. The molecule has 8 aromatic carbocycles. The minimum atomic E-state index is -0.167. The van der Waals surface area contributed by atoms with Crippen molar-refractivity contribution in [3.05, 3.63) is 181 Å². The molecule has 1 aliphatic carbocycles. The molecule has 0 radical (unpaired) electrons. The number of aromatic nitrogens is 4. The van der Waals surface area contributed by atoms with Gasteiger partial charge in [0.15, 0.2) is 11.6 Å². The van der Waals surface area contributed by atoms with Gasteiger partial charge in [-0.2, -0.15) is 9.97 Å². The topological polar surface area (TPSA) is 56.7 Å². The van der Waals surface area contributed by atoms with E-state index in [2.05, 4.69) is 146 Å². The van der Waals surface area contributed by atoms with E-state index in [9.17, 15) is 0 Å². The quantitative estimate of drug-likeness (QED) is 0.181. The standard InChI is InChI=1S/C52H34N4O/c1-52(2)42-28-25-31-13-6-7-16-35(31)47(42)41-27-23-33(29-43(41)52)36-19-12-20-40-37-17-8-10-21-44(37)56(48(36)40)51-54-49(32-14-4-3-5-15-32)53-50(55-51)34-24-26-39-38-18-9-11-22-45(38)57-46(39)30-34/h3-30H,1-2H3. The van der Waals surface area contributed by atoms with E-state index in [4.69, 9.17) is 19.4 Å². The van der Waals surface area contributed by atoms with E-state index < -0.39 is 0 Å². The molecule has 0 fully saturated rings. The Morgan fingerprint density at radius 2 is 1.16 bits per heavy atom. The van der Waals surface area contributed by atoms with Gasteiger partial charge in [0.2, 0.25) is 5.95 Å². The van der Waals surface area contributed by atoms with Crippen LogP contribution in [-0.4, -0.2) is 19.5 Å². The third-order valence-corrected chi connectivity index (χ3v) is 12.1. The fourth-order valence-electron chi connectivity index (χ4n) is 9.31. The molecule has 3 aromatic heterocycles. The normalized spacial score (nSPS) is 13.2. The first-order valence-corrected chi connectivity index (χ1v) is 19.4. The number of furan rings is 1. The predicted octanol–water partition coefficient (Wildman–Crippen LogP) is 13.3. The van der Waals surface area contributed by atoms with Crippen LogP contribution in [0.5, 0.6) is 0 Å². The Morgan fingerprint density at radius 1 is 0.456 bits per heavy atom. The molecular formula is C52H34N4O. The van der Waals surface area contributed by atoms with Crippen LogP contribution in [0.15, 0.2) is 174 Å². The van der Waals surface area contributed by atoms with Gasteiger partial charge in [-0.15, -0.1) is 0 Å². The highest BCUT2D eigenvalue weighted by Crippen LogP contribution is 2.52. The van der Waals surface area contributed by atoms with Crippen LogP contribution >= 0.6 is 0 Å². The summed E-state index contributed by atoms with van der Waals surface area (Å²) in [5, 5.41) is 7.00. The molecule has 0 atom stereocenters. The lowest BCUT2D eigenvalue weighted by molar-refractivity contribution is 0.661. The molecule has 5 nitrogen and oxygen atoms in total. The largest absolute Gasteiger partial charge is 0.456 e. The molecule has 11 aromatic rings. The zero-order valence-corrected chi connectivity index (χ0v) is 31.4. The van der Waals surface area contributed by atoms with Crippen LogP contribution in [0.4, 0.5) is 0 Å². The Morgan fingerprint density at radius 3 is 2.04 bits per heavy atom. The number of hydrogen-bond donors (Lipinski definition) is 0. The monoisotopic (exact) mass is 730 g/mol. The van der Waals surface area contributed by atoms with Crippen molar-refractivity contribution in [1.29, 1.82) is 0 Å². The van der Waals surface area contributed by atoms with Gasteiger partial charge in [-0.3, -0.25) is 4.57 Å². The van der Waals surface area contributed by atoms with E-state index in [0.29, 0.717) is 17.6 Å². The van der Waals surface area contributed by atoms with Crippen LogP contribution in [0.25, 0.3) is 105 Å². The summed E-state index contributed by atoms with van der Waals surface area (Å²) in [6.07, 6.45) is 0. The summed E-state index contributed by atoms with van der Waals surface area (Å²) in [6, 6.07) is 60.1. The molecule has 3 heterocycles. The van der Waals surface area contributed by atoms with Crippen molar-refractivity contribution in [1.82, 2.24) is 19.5 Å². The highest BCUT2D eigenvalue weighted by molar-refractivity contribution is 6.14. The summed E-state index contributed by atoms with van der Waals surface area (Å²) in [4.78, 5) is 15.7. The van der Waals surface area contributed by atoms with Crippen molar-refractivity contribution in [3.8, 4) is 51.0 Å². The highest BCUT2D eigenvalue weighted by atomic mass is 16.3. The summed E-state index contributed by atoms with van der Waals surface area (Å²) in [7, 11) is 0. The molecule has 0 saturated heterocycles. The van der Waals surface area contributed by atoms with Crippen LogP contribution in [-0.2, 0) is 5.41 Å². The van der Waals surface area contributed by atoms with E-state index in [1.54, 1.807) is 0 Å². The lowest BCUT2D eigenvalue weighted by atomic mass is 9.81. The molecule has 0 saturated carbocycles. The lowest BCUT2D eigenvalue weighted by Crippen LogP contribution is -2.15. The number of rotatable bonds is 4. The van der Waals surface area contributed by atoms with E-state index in [1.807, 2.05) is 42.5 Å². The van der Waals surface area contributed by atoms with Gasteiger partial charge in [-0.1, -0.05) is 153 Å². The van der Waals surface area contributed by atoms with Crippen LogP contribution < -0.4 is 0 Å². The second-order valence-corrected chi connectivity index (χ2v) is 15.6. The number of nitrogens with zero attached hydrogens (tertiary/aromatic N) is 4. The Balaban J connectivity index is 1.10. The molecule has 1 aliphatic rings. The third kappa shape index (κ3) is 4.66. The second-order valence-electron chi connectivity index (χ2n) is 15.6. The smallest absolute Gasteiger partial charge is 0.238 e. The molecule has 5 heteroatoms. The molecule has 0 amide bonds. The van der Waals surface area contributed by atoms with Crippen molar-refractivity contribution >= 4 is 54.5 Å². The van der Waals surface area contributed by atoms with Crippen molar-refractivity contribution in [2.24, 2.45) is 0 Å². The number of fused-ring (bicyclic) bond motifs is 11. The van der Waals surface area contributed by atoms with Gasteiger partial charge in [-0.25, -0.2) is 4.98 Å². The predicted molar refractivity (Wildman–Crippen MR) is 233 cm³/mol. The molecule has 12 rings (SSSR count). The van der Waals surface area contributed by atoms with Gasteiger partial charge in [0.05, 0.1) is 11.0 Å².